The van der Waals surface area contributed by atoms with Crippen LogP contribution in [-0.4, -0.2) is 8.42 Å². The molecule has 29 heavy (non-hydrogen) atoms. The molecule has 0 radical (unpaired) electrons. The van der Waals surface area contributed by atoms with Gasteiger partial charge in [0.05, 0.1) is 21.6 Å². The molecule has 0 atom stereocenters. The minimum atomic E-state index is -5.34. The summed E-state index contributed by atoms with van der Waals surface area (Å²) in [7, 11) is -5.19. The summed E-state index contributed by atoms with van der Waals surface area (Å²) in [4.78, 5) is -1.50. The van der Waals surface area contributed by atoms with Gasteiger partial charge in [0.25, 0.3) is 10.0 Å². The number of nitrogens with one attached hydrogen (secondary N) is 1. The maximum absolute atomic E-state index is 13.2. The molecule has 14 heteroatoms. The Hall–Kier alpha value is -2.51. The van der Waals surface area contributed by atoms with Crippen LogP contribution in [-0.2, 0) is 28.6 Å². The van der Waals surface area contributed by atoms with E-state index in [0.29, 0.717) is 6.07 Å². The van der Waals surface area contributed by atoms with E-state index in [1.807, 2.05) is 0 Å². The van der Waals surface area contributed by atoms with Gasteiger partial charge in [-0.2, -0.15) is 39.5 Å². The molecule has 0 bridgehead atoms. The van der Waals surface area contributed by atoms with E-state index >= 15 is 0 Å². The van der Waals surface area contributed by atoms with Crippen molar-refractivity contribution in [3.63, 3.8) is 0 Å². The van der Waals surface area contributed by atoms with E-state index in [4.69, 9.17) is 0 Å². The van der Waals surface area contributed by atoms with Crippen molar-refractivity contribution >= 4 is 15.7 Å². The van der Waals surface area contributed by atoms with Crippen LogP contribution in [0, 0.1) is 5.82 Å². The molecular formula is C15H7F10NO2S. The average Bonchev–Trinajstić information content (AvgIpc) is 2.53. The van der Waals surface area contributed by atoms with Gasteiger partial charge < -0.3 is 0 Å². The summed E-state index contributed by atoms with van der Waals surface area (Å²) in [6.07, 6.45) is -15.9. The maximum Gasteiger partial charge on any atom is 0.419 e. The average molecular weight is 455 g/mol. The summed E-state index contributed by atoms with van der Waals surface area (Å²) >= 11 is 0. The molecule has 0 aliphatic rings. The fraction of sp³-hybridized carbons (Fsp3) is 0.200. The predicted octanol–water partition coefficient (Wildman–Crippen LogP) is 5.68. The smallest absolute Gasteiger partial charge is 0.280 e. The van der Waals surface area contributed by atoms with Crippen LogP contribution in [0.2, 0.25) is 0 Å². The highest BCUT2D eigenvalue weighted by molar-refractivity contribution is 7.92. The van der Waals surface area contributed by atoms with Crippen LogP contribution >= 0.6 is 0 Å². The highest BCUT2D eigenvalue weighted by atomic mass is 32.2. The number of sulfonamides is 1. The number of hydrogen-bond donors (Lipinski definition) is 1. The lowest BCUT2D eigenvalue weighted by molar-refractivity contribution is -0.143. The summed E-state index contributed by atoms with van der Waals surface area (Å²) in [5.41, 5.74) is -6.70. The first-order valence-corrected chi connectivity index (χ1v) is 8.58. The van der Waals surface area contributed by atoms with E-state index in [-0.39, 0.29) is 30.3 Å². The molecule has 3 nitrogen and oxygen atoms in total. The molecular weight excluding hydrogens is 448 g/mol. The van der Waals surface area contributed by atoms with Gasteiger partial charge in [-0.1, -0.05) is 0 Å². The van der Waals surface area contributed by atoms with Crippen molar-refractivity contribution in [2.75, 3.05) is 4.72 Å². The second kappa shape index (κ2) is 7.07. The second-order valence-electron chi connectivity index (χ2n) is 5.54. The second-order valence-corrected chi connectivity index (χ2v) is 7.22. The molecule has 0 amide bonds. The first-order valence-electron chi connectivity index (χ1n) is 7.10. The molecule has 0 spiro atoms. The van der Waals surface area contributed by atoms with Gasteiger partial charge in [-0.05, 0) is 36.4 Å². The Morgan fingerprint density at radius 1 is 0.690 bits per heavy atom. The summed E-state index contributed by atoms with van der Waals surface area (Å²) in [5, 5.41) is 0. The van der Waals surface area contributed by atoms with E-state index in [2.05, 4.69) is 0 Å². The Morgan fingerprint density at radius 3 is 1.59 bits per heavy atom. The third kappa shape index (κ3) is 5.31. The first kappa shape index (κ1) is 22.8. The van der Waals surface area contributed by atoms with E-state index in [1.165, 1.54) is 4.72 Å². The Kier molecular flexibility index (Phi) is 5.56. The molecule has 160 valence electrons. The zero-order valence-corrected chi connectivity index (χ0v) is 14.3. The summed E-state index contributed by atoms with van der Waals surface area (Å²) < 4.78 is 154. The summed E-state index contributed by atoms with van der Waals surface area (Å²) in [6, 6.07) is 0.190. The molecule has 0 aromatic heterocycles. The highest BCUT2D eigenvalue weighted by Crippen LogP contribution is 2.38. The Morgan fingerprint density at radius 2 is 1.17 bits per heavy atom. The normalized spacial score (nSPS) is 13.4. The standard InChI is InChI=1S/C15H7F10NO2S/c16-12-2-1-9(6-11(12)15(23,24)25)26-29(27,28)10-4-7(13(17,18)19)3-8(5-10)14(20,21)22/h1-6,26H. The van der Waals surface area contributed by atoms with Gasteiger partial charge >= 0.3 is 18.5 Å². The fourth-order valence-corrected chi connectivity index (χ4v) is 3.22. The van der Waals surface area contributed by atoms with Crippen molar-refractivity contribution in [3.8, 4) is 0 Å². The predicted molar refractivity (Wildman–Crippen MR) is 78.7 cm³/mol. The van der Waals surface area contributed by atoms with E-state index in [9.17, 15) is 52.3 Å². The number of halogens is 10. The number of alkyl halides is 9. The van der Waals surface area contributed by atoms with Gasteiger partial charge in [0.2, 0.25) is 0 Å². The molecule has 0 saturated heterocycles. The van der Waals surface area contributed by atoms with Crippen LogP contribution in [0.3, 0.4) is 0 Å². The number of rotatable bonds is 3. The van der Waals surface area contributed by atoms with Crippen LogP contribution in [0.15, 0.2) is 41.3 Å². The third-order valence-electron chi connectivity index (χ3n) is 3.40. The van der Waals surface area contributed by atoms with Crippen molar-refractivity contribution in [2.24, 2.45) is 0 Å². The van der Waals surface area contributed by atoms with Gasteiger partial charge in [0.15, 0.2) is 0 Å². The lowest BCUT2D eigenvalue weighted by atomic mass is 10.1. The Labute approximate surface area is 156 Å². The van der Waals surface area contributed by atoms with Crippen molar-refractivity contribution in [1.29, 1.82) is 0 Å². The molecule has 2 rings (SSSR count). The monoisotopic (exact) mass is 455 g/mol. The minimum absolute atomic E-state index is 0.00512. The minimum Gasteiger partial charge on any atom is -0.280 e. The van der Waals surface area contributed by atoms with Crippen LogP contribution in [0.5, 0.6) is 0 Å². The quantitative estimate of drug-likeness (QED) is 0.606. The Balaban J connectivity index is 2.57. The van der Waals surface area contributed by atoms with Crippen molar-refractivity contribution < 1.29 is 52.3 Å². The third-order valence-corrected chi connectivity index (χ3v) is 4.76. The molecule has 0 aliphatic carbocycles. The van der Waals surface area contributed by atoms with Crippen LogP contribution < -0.4 is 4.72 Å². The van der Waals surface area contributed by atoms with E-state index < -0.39 is 61.6 Å². The maximum atomic E-state index is 13.2. The number of benzene rings is 2. The lowest BCUT2D eigenvalue weighted by Gasteiger charge is -2.16. The molecule has 0 fully saturated rings. The topological polar surface area (TPSA) is 46.2 Å². The van der Waals surface area contributed by atoms with Crippen LogP contribution in [0.1, 0.15) is 16.7 Å². The van der Waals surface area contributed by atoms with Crippen molar-refractivity contribution in [3.05, 3.63) is 58.9 Å². The van der Waals surface area contributed by atoms with Crippen molar-refractivity contribution in [2.45, 2.75) is 23.4 Å². The lowest BCUT2D eigenvalue weighted by Crippen LogP contribution is -2.18. The van der Waals surface area contributed by atoms with E-state index in [1.54, 1.807) is 0 Å². The summed E-state index contributed by atoms with van der Waals surface area (Å²) in [5.74, 6) is -1.76. The van der Waals surface area contributed by atoms with Crippen LogP contribution in [0.25, 0.3) is 0 Å². The molecule has 0 saturated carbocycles. The zero-order valence-electron chi connectivity index (χ0n) is 13.5. The zero-order chi connectivity index (χ0) is 22.4. The number of anilines is 1. The number of hydrogen-bond acceptors (Lipinski definition) is 2. The van der Waals surface area contributed by atoms with Gasteiger partial charge in [-0.25, -0.2) is 12.8 Å². The van der Waals surface area contributed by atoms with Gasteiger partial charge in [-0.3, -0.25) is 4.72 Å². The molecule has 2 aromatic rings. The van der Waals surface area contributed by atoms with Crippen LogP contribution in [0.4, 0.5) is 49.6 Å². The van der Waals surface area contributed by atoms with Gasteiger partial charge in [0.1, 0.15) is 5.82 Å². The summed E-state index contributed by atoms with van der Waals surface area (Å²) in [6.45, 7) is 0. The molecule has 0 aliphatic heterocycles. The molecule has 2 aromatic carbocycles. The largest absolute Gasteiger partial charge is 0.419 e. The molecule has 1 N–H and O–H groups in total. The fourth-order valence-electron chi connectivity index (χ4n) is 2.10. The SMILES string of the molecule is O=S(=O)(Nc1ccc(F)c(C(F)(F)F)c1)c1cc(C(F)(F)F)cc(C(F)(F)F)c1. The van der Waals surface area contributed by atoms with E-state index in [0.717, 1.165) is 0 Å². The Bertz CT molecular complexity index is 991. The molecule has 0 heterocycles. The van der Waals surface area contributed by atoms with Gasteiger partial charge in [-0.15, -0.1) is 0 Å². The van der Waals surface area contributed by atoms with Crippen molar-refractivity contribution in [1.82, 2.24) is 0 Å². The van der Waals surface area contributed by atoms with Gasteiger partial charge in [0, 0.05) is 5.69 Å². The first-order chi connectivity index (χ1) is 12.9. The highest BCUT2D eigenvalue weighted by Gasteiger charge is 2.39. The molecule has 0 unspecified atom stereocenters.